The minimum absolute atomic E-state index is 0.0899. The van der Waals surface area contributed by atoms with E-state index in [1.807, 2.05) is 39.8 Å². The van der Waals surface area contributed by atoms with Gasteiger partial charge in [-0.1, -0.05) is 65.5 Å². The van der Waals surface area contributed by atoms with Crippen molar-refractivity contribution in [3.05, 3.63) is 53.1 Å². The minimum atomic E-state index is -3.84. The number of nitriles is 2. The molecule has 3 rings (SSSR count). The zero-order valence-corrected chi connectivity index (χ0v) is 26.8. The van der Waals surface area contributed by atoms with Crippen molar-refractivity contribution in [2.75, 3.05) is 26.2 Å². The molecule has 0 bridgehead atoms. The smallest absolute Gasteiger partial charge is 0.207 e. The first-order chi connectivity index (χ1) is 20.1. The van der Waals surface area contributed by atoms with E-state index in [0.29, 0.717) is 48.4 Å². The topological polar surface area (TPSA) is 122 Å². The molecule has 10 heteroatoms. The van der Waals surface area contributed by atoms with Gasteiger partial charge in [-0.05, 0) is 72.2 Å². The maximum Gasteiger partial charge on any atom is 0.243 e. The summed E-state index contributed by atoms with van der Waals surface area (Å²) in [5.41, 5.74) is 2.28. The summed E-state index contributed by atoms with van der Waals surface area (Å²) >= 11 is 0. The number of nitrogens with zero attached hydrogens (tertiary/aromatic N) is 4. The molecule has 226 valence electrons. The highest BCUT2D eigenvalue weighted by Gasteiger charge is 2.33. The Bertz CT molecular complexity index is 1470. The molecule has 8 nitrogen and oxygen atoms in total. The third-order valence-corrected chi connectivity index (χ3v) is 11.4. The van der Waals surface area contributed by atoms with Crippen molar-refractivity contribution in [2.24, 2.45) is 0 Å². The van der Waals surface area contributed by atoms with Crippen LogP contribution >= 0.6 is 0 Å². The summed E-state index contributed by atoms with van der Waals surface area (Å²) in [7, 11) is -7.67. The van der Waals surface area contributed by atoms with E-state index in [1.165, 1.54) is 20.7 Å². The Morgan fingerprint density at radius 2 is 0.929 bits per heavy atom. The zero-order valence-electron chi connectivity index (χ0n) is 25.2. The van der Waals surface area contributed by atoms with E-state index in [0.717, 1.165) is 51.4 Å². The van der Waals surface area contributed by atoms with Gasteiger partial charge in [-0.15, -0.1) is 0 Å². The molecule has 0 saturated heterocycles. The molecule has 0 saturated carbocycles. The van der Waals surface area contributed by atoms with Gasteiger partial charge >= 0.3 is 0 Å². The van der Waals surface area contributed by atoms with Gasteiger partial charge in [0.1, 0.15) is 17.7 Å². The molecule has 0 fully saturated rings. The number of benzene rings is 2. The van der Waals surface area contributed by atoms with Crippen molar-refractivity contribution < 1.29 is 16.8 Å². The van der Waals surface area contributed by atoms with Crippen molar-refractivity contribution in [3.63, 3.8) is 0 Å². The molecule has 1 aliphatic rings. The summed E-state index contributed by atoms with van der Waals surface area (Å²) in [6.45, 7) is 9.70. The zero-order chi connectivity index (χ0) is 30.9. The molecule has 2 aromatic carbocycles. The van der Waals surface area contributed by atoms with Crippen LogP contribution in [0.15, 0.2) is 51.8 Å². The van der Waals surface area contributed by atoms with Crippen molar-refractivity contribution in [1.82, 2.24) is 8.61 Å². The van der Waals surface area contributed by atoms with E-state index >= 15 is 0 Å². The molecule has 0 amide bonds. The lowest BCUT2D eigenvalue weighted by Crippen LogP contribution is -2.33. The molecule has 42 heavy (non-hydrogen) atoms. The highest BCUT2D eigenvalue weighted by molar-refractivity contribution is 7.89. The van der Waals surface area contributed by atoms with Crippen LogP contribution in [-0.2, 0) is 20.0 Å². The minimum Gasteiger partial charge on any atom is -0.207 e. The largest absolute Gasteiger partial charge is 0.243 e. The summed E-state index contributed by atoms with van der Waals surface area (Å²) < 4.78 is 58.1. The Morgan fingerprint density at radius 3 is 1.21 bits per heavy atom. The summed E-state index contributed by atoms with van der Waals surface area (Å²) in [5.74, 6) is 0. The quantitative estimate of drug-likeness (QED) is 0.166. The first-order valence-electron chi connectivity index (χ1n) is 15.0. The van der Waals surface area contributed by atoms with Crippen LogP contribution in [0, 0.1) is 22.7 Å². The van der Waals surface area contributed by atoms with Crippen LogP contribution in [0.2, 0.25) is 0 Å². The number of fused-ring (bicyclic) bond motifs is 3. The Morgan fingerprint density at radius 1 is 0.595 bits per heavy atom. The van der Waals surface area contributed by atoms with Crippen molar-refractivity contribution >= 4 is 25.6 Å². The van der Waals surface area contributed by atoms with Crippen LogP contribution in [0.5, 0.6) is 0 Å². The number of sulfonamides is 2. The van der Waals surface area contributed by atoms with Gasteiger partial charge in [0.05, 0.1) is 9.79 Å². The second-order valence-electron chi connectivity index (χ2n) is 10.6. The second-order valence-corrected chi connectivity index (χ2v) is 14.5. The maximum absolute atomic E-state index is 13.8. The van der Waals surface area contributed by atoms with Crippen molar-refractivity contribution in [3.8, 4) is 23.3 Å². The average molecular weight is 611 g/mol. The molecule has 0 spiro atoms. The number of hydrogen-bond acceptors (Lipinski definition) is 6. The van der Waals surface area contributed by atoms with Gasteiger partial charge in [-0.25, -0.2) is 16.8 Å². The lowest BCUT2D eigenvalue weighted by atomic mass is 9.99. The number of allylic oxidation sites excluding steroid dienone is 1. The highest BCUT2D eigenvalue weighted by atomic mass is 32.2. The molecule has 0 N–H and O–H groups in total. The van der Waals surface area contributed by atoms with E-state index in [1.54, 1.807) is 24.3 Å². The predicted molar refractivity (Wildman–Crippen MR) is 166 cm³/mol. The van der Waals surface area contributed by atoms with E-state index < -0.39 is 20.0 Å². The first kappa shape index (κ1) is 33.5. The van der Waals surface area contributed by atoms with Crippen LogP contribution in [0.4, 0.5) is 0 Å². The Balaban J connectivity index is 2.17. The van der Waals surface area contributed by atoms with Crippen LogP contribution in [0.1, 0.15) is 90.2 Å². The molecular weight excluding hydrogens is 569 g/mol. The SMILES string of the molecule is CCCCN(CCCC)S(=O)(=O)c1ccc2c(c1)C(=C(C#N)C#N)c1cc(S(=O)(=O)N(CCCC)CCCC)ccc1-2. The van der Waals surface area contributed by atoms with Gasteiger partial charge in [0.25, 0.3) is 0 Å². The van der Waals surface area contributed by atoms with Crippen LogP contribution in [-0.4, -0.2) is 51.6 Å². The van der Waals surface area contributed by atoms with Crippen molar-refractivity contribution in [2.45, 2.75) is 88.9 Å². The molecule has 0 radical (unpaired) electrons. The highest BCUT2D eigenvalue weighted by Crippen LogP contribution is 2.47. The third-order valence-electron chi connectivity index (χ3n) is 7.60. The number of rotatable bonds is 16. The molecule has 0 aliphatic heterocycles. The number of hydrogen-bond donors (Lipinski definition) is 0. The molecule has 1 aliphatic carbocycles. The Hall–Kier alpha value is -3.02. The fourth-order valence-electron chi connectivity index (χ4n) is 5.14. The summed E-state index contributed by atoms with van der Waals surface area (Å²) in [6, 6.07) is 13.5. The van der Waals surface area contributed by atoms with E-state index in [-0.39, 0.29) is 20.9 Å². The van der Waals surface area contributed by atoms with Gasteiger partial charge in [0.15, 0.2) is 0 Å². The summed E-state index contributed by atoms with van der Waals surface area (Å²) in [4.78, 5) is 0.180. The fraction of sp³-hybridized carbons (Fsp3) is 0.500. The normalized spacial score (nSPS) is 12.7. The maximum atomic E-state index is 13.8. The molecule has 2 aromatic rings. The van der Waals surface area contributed by atoms with Crippen LogP contribution in [0.3, 0.4) is 0 Å². The van der Waals surface area contributed by atoms with Gasteiger partial charge in [0.2, 0.25) is 20.0 Å². The van der Waals surface area contributed by atoms with Gasteiger partial charge in [-0.2, -0.15) is 19.1 Å². The monoisotopic (exact) mass is 610 g/mol. The fourth-order valence-corrected chi connectivity index (χ4v) is 8.23. The van der Waals surface area contributed by atoms with E-state index in [9.17, 15) is 27.4 Å². The van der Waals surface area contributed by atoms with Gasteiger partial charge in [0, 0.05) is 31.8 Å². The second kappa shape index (κ2) is 14.9. The molecule has 0 unspecified atom stereocenters. The summed E-state index contributed by atoms with van der Waals surface area (Å²) in [6.07, 6.45) is 6.39. The standard InChI is InChI=1S/C32H42N4O4S2/c1-5-9-17-35(18-10-6-2)41(37,38)26-13-15-28-29-16-14-27(42(39,40)36(19-11-7-3)20-12-8-4)22-31(29)32(30(28)21-26)25(23-33)24-34/h13-16,21-22H,5-12,17-20H2,1-4H3. The van der Waals surface area contributed by atoms with Crippen LogP contribution in [0.25, 0.3) is 16.7 Å². The molecule has 0 aromatic heterocycles. The lowest BCUT2D eigenvalue weighted by Gasteiger charge is -2.22. The Labute approximate surface area is 252 Å². The third kappa shape index (κ3) is 6.95. The first-order valence-corrected chi connectivity index (χ1v) is 17.8. The van der Waals surface area contributed by atoms with E-state index in [4.69, 9.17) is 0 Å². The summed E-state index contributed by atoms with van der Waals surface area (Å²) in [5, 5.41) is 19.8. The van der Waals surface area contributed by atoms with Gasteiger partial charge < -0.3 is 0 Å². The predicted octanol–water partition coefficient (Wildman–Crippen LogP) is 6.70. The van der Waals surface area contributed by atoms with E-state index in [2.05, 4.69) is 0 Å². The average Bonchev–Trinajstić information content (AvgIpc) is 3.30. The molecule has 0 heterocycles. The molecule has 0 atom stereocenters. The van der Waals surface area contributed by atoms with Crippen molar-refractivity contribution in [1.29, 1.82) is 10.5 Å². The Kier molecular flexibility index (Phi) is 11.9. The lowest BCUT2D eigenvalue weighted by molar-refractivity contribution is 0.395. The van der Waals surface area contributed by atoms with Gasteiger partial charge in [-0.3, -0.25) is 0 Å². The molecular formula is C32H42N4O4S2. The van der Waals surface area contributed by atoms with Crippen LogP contribution < -0.4 is 0 Å². The number of unbranched alkanes of at least 4 members (excludes halogenated alkanes) is 4.